The first-order chi connectivity index (χ1) is 18.2. The van der Waals surface area contributed by atoms with Gasteiger partial charge in [0.15, 0.2) is 5.82 Å². The van der Waals surface area contributed by atoms with Gasteiger partial charge < -0.3 is 0 Å². The Bertz CT molecular complexity index is 1640. The van der Waals surface area contributed by atoms with Gasteiger partial charge in [0.25, 0.3) is 0 Å². The Labute approximate surface area is 221 Å². The average molecular weight is 495 g/mol. The SMILES string of the molecule is Clc1ccccc1-c1ccc(-c2cc(-c3ccc(-c4ccccc4)cc3)nc(-c3ccccc3)n2)cc1. The number of halogens is 1. The van der Waals surface area contributed by atoms with Crippen molar-refractivity contribution in [3.8, 4) is 56.2 Å². The lowest BCUT2D eigenvalue weighted by Gasteiger charge is -2.11. The molecule has 1 aromatic heterocycles. The molecule has 6 rings (SSSR count). The Morgan fingerprint density at radius 2 is 0.811 bits per heavy atom. The normalized spacial score (nSPS) is 10.8. The summed E-state index contributed by atoms with van der Waals surface area (Å²) in [4.78, 5) is 9.90. The number of nitrogens with zero attached hydrogens (tertiary/aromatic N) is 2. The first-order valence-corrected chi connectivity index (χ1v) is 12.6. The van der Waals surface area contributed by atoms with Crippen LogP contribution in [0.15, 0.2) is 140 Å². The molecular weight excluding hydrogens is 472 g/mol. The van der Waals surface area contributed by atoms with Crippen molar-refractivity contribution in [2.45, 2.75) is 0 Å². The van der Waals surface area contributed by atoms with E-state index in [1.807, 2.05) is 60.7 Å². The van der Waals surface area contributed by atoms with Crippen molar-refractivity contribution < 1.29 is 0 Å². The highest BCUT2D eigenvalue weighted by Crippen LogP contribution is 2.32. The van der Waals surface area contributed by atoms with E-state index in [4.69, 9.17) is 21.6 Å². The lowest BCUT2D eigenvalue weighted by molar-refractivity contribution is 1.18. The lowest BCUT2D eigenvalue weighted by Crippen LogP contribution is -1.96. The molecule has 0 atom stereocenters. The standard InChI is InChI=1S/C34H23ClN2/c35-31-14-8-7-13-30(31)26-17-21-28(22-18-26)33-23-32(36-34(37-33)29-11-5-2-6-12-29)27-19-15-25(16-20-27)24-9-3-1-4-10-24/h1-23H. The molecule has 2 nitrogen and oxygen atoms in total. The van der Waals surface area contributed by atoms with Crippen LogP contribution in [0.2, 0.25) is 5.02 Å². The Morgan fingerprint density at radius 3 is 1.38 bits per heavy atom. The molecule has 0 saturated carbocycles. The van der Waals surface area contributed by atoms with E-state index in [0.717, 1.165) is 44.2 Å². The zero-order chi connectivity index (χ0) is 25.0. The number of aromatic nitrogens is 2. The number of rotatable bonds is 5. The van der Waals surface area contributed by atoms with E-state index in [2.05, 4.69) is 78.9 Å². The van der Waals surface area contributed by atoms with Gasteiger partial charge >= 0.3 is 0 Å². The summed E-state index contributed by atoms with van der Waals surface area (Å²) in [5.74, 6) is 0.704. The van der Waals surface area contributed by atoms with Crippen molar-refractivity contribution in [3.63, 3.8) is 0 Å². The molecule has 0 radical (unpaired) electrons. The van der Waals surface area contributed by atoms with Crippen molar-refractivity contribution >= 4 is 11.6 Å². The van der Waals surface area contributed by atoms with Crippen LogP contribution in [0, 0.1) is 0 Å². The van der Waals surface area contributed by atoms with Crippen LogP contribution in [0.4, 0.5) is 0 Å². The lowest BCUT2D eigenvalue weighted by atomic mass is 10.0. The van der Waals surface area contributed by atoms with Crippen LogP contribution in [-0.2, 0) is 0 Å². The van der Waals surface area contributed by atoms with Gasteiger partial charge in [-0.05, 0) is 28.8 Å². The second-order valence-electron chi connectivity index (χ2n) is 8.83. The van der Waals surface area contributed by atoms with E-state index in [-0.39, 0.29) is 0 Å². The zero-order valence-electron chi connectivity index (χ0n) is 20.1. The van der Waals surface area contributed by atoms with Gasteiger partial charge in [-0.25, -0.2) is 9.97 Å². The van der Waals surface area contributed by atoms with E-state index >= 15 is 0 Å². The van der Waals surface area contributed by atoms with Gasteiger partial charge in [0.2, 0.25) is 0 Å². The average Bonchev–Trinajstić information content (AvgIpc) is 2.98. The van der Waals surface area contributed by atoms with Gasteiger partial charge in [-0.1, -0.05) is 139 Å². The fraction of sp³-hybridized carbons (Fsp3) is 0. The van der Waals surface area contributed by atoms with E-state index in [0.29, 0.717) is 5.82 Å². The highest BCUT2D eigenvalue weighted by atomic mass is 35.5. The highest BCUT2D eigenvalue weighted by molar-refractivity contribution is 6.33. The maximum Gasteiger partial charge on any atom is 0.160 e. The molecule has 0 spiro atoms. The highest BCUT2D eigenvalue weighted by Gasteiger charge is 2.12. The van der Waals surface area contributed by atoms with Crippen LogP contribution in [0.5, 0.6) is 0 Å². The molecular formula is C34H23ClN2. The van der Waals surface area contributed by atoms with E-state index in [9.17, 15) is 0 Å². The molecule has 0 aliphatic rings. The molecule has 176 valence electrons. The molecule has 0 bridgehead atoms. The maximum absolute atomic E-state index is 6.42. The second kappa shape index (κ2) is 10.2. The summed E-state index contributed by atoms with van der Waals surface area (Å²) in [6.07, 6.45) is 0. The molecule has 0 aliphatic carbocycles. The molecule has 0 saturated heterocycles. The summed E-state index contributed by atoms with van der Waals surface area (Å²) in [6, 6.07) is 47.4. The van der Waals surface area contributed by atoms with Crippen LogP contribution in [0.3, 0.4) is 0 Å². The second-order valence-corrected chi connectivity index (χ2v) is 9.24. The summed E-state index contributed by atoms with van der Waals surface area (Å²) in [5.41, 5.74) is 9.29. The third-order valence-electron chi connectivity index (χ3n) is 6.41. The summed E-state index contributed by atoms with van der Waals surface area (Å²) in [5, 5.41) is 0.741. The van der Waals surface area contributed by atoms with Gasteiger partial charge in [-0.2, -0.15) is 0 Å². The van der Waals surface area contributed by atoms with Crippen molar-refractivity contribution in [1.29, 1.82) is 0 Å². The van der Waals surface area contributed by atoms with Crippen molar-refractivity contribution in [1.82, 2.24) is 9.97 Å². The maximum atomic E-state index is 6.42. The number of benzene rings is 5. The smallest absolute Gasteiger partial charge is 0.160 e. The van der Waals surface area contributed by atoms with E-state index in [1.54, 1.807) is 0 Å². The summed E-state index contributed by atoms with van der Waals surface area (Å²) in [7, 11) is 0. The van der Waals surface area contributed by atoms with Gasteiger partial charge in [0.05, 0.1) is 11.4 Å². The molecule has 1 heterocycles. The van der Waals surface area contributed by atoms with Crippen LogP contribution in [0.25, 0.3) is 56.2 Å². The minimum atomic E-state index is 0.704. The minimum Gasteiger partial charge on any atom is -0.228 e. The summed E-state index contributed by atoms with van der Waals surface area (Å²) < 4.78 is 0. The van der Waals surface area contributed by atoms with Gasteiger partial charge in [-0.3, -0.25) is 0 Å². The molecule has 0 unspecified atom stereocenters. The number of hydrogen-bond donors (Lipinski definition) is 0. The van der Waals surface area contributed by atoms with Crippen LogP contribution < -0.4 is 0 Å². The minimum absolute atomic E-state index is 0.704. The number of hydrogen-bond acceptors (Lipinski definition) is 2. The van der Waals surface area contributed by atoms with Crippen molar-refractivity contribution in [3.05, 3.63) is 145 Å². The monoisotopic (exact) mass is 494 g/mol. The Morgan fingerprint density at radius 1 is 0.378 bits per heavy atom. The van der Waals surface area contributed by atoms with E-state index < -0.39 is 0 Å². The Kier molecular flexibility index (Phi) is 6.33. The molecule has 3 heteroatoms. The fourth-order valence-electron chi connectivity index (χ4n) is 4.44. The predicted octanol–water partition coefficient (Wildman–Crippen LogP) is 9.46. The Balaban J connectivity index is 1.41. The Hall–Kier alpha value is -4.53. The summed E-state index contributed by atoms with van der Waals surface area (Å²) in [6.45, 7) is 0. The largest absolute Gasteiger partial charge is 0.228 e. The first kappa shape index (κ1) is 22.9. The van der Waals surface area contributed by atoms with Crippen LogP contribution in [0.1, 0.15) is 0 Å². The summed E-state index contributed by atoms with van der Waals surface area (Å²) >= 11 is 6.42. The topological polar surface area (TPSA) is 25.8 Å². The van der Waals surface area contributed by atoms with Gasteiger partial charge in [0, 0.05) is 27.3 Å². The fourth-order valence-corrected chi connectivity index (χ4v) is 4.68. The molecule has 0 aliphatic heterocycles. The first-order valence-electron chi connectivity index (χ1n) is 12.2. The van der Waals surface area contributed by atoms with Gasteiger partial charge in [0.1, 0.15) is 0 Å². The van der Waals surface area contributed by atoms with Crippen LogP contribution >= 0.6 is 11.6 Å². The van der Waals surface area contributed by atoms with Crippen molar-refractivity contribution in [2.75, 3.05) is 0 Å². The third-order valence-corrected chi connectivity index (χ3v) is 6.74. The van der Waals surface area contributed by atoms with Crippen molar-refractivity contribution in [2.24, 2.45) is 0 Å². The molecule has 0 fully saturated rings. The van der Waals surface area contributed by atoms with E-state index in [1.165, 1.54) is 11.1 Å². The quantitative estimate of drug-likeness (QED) is 0.238. The molecule has 5 aromatic carbocycles. The molecule has 0 N–H and O–H groups in total. The molecule has 6 aromatic rings. The van der Waals surface area contributed by atoms with Crippen LogP contribution in [-0.4, -0.2) is 9.97 Å². The predicted molar refractivity (Wildman–Crippen MR) is 154 cm³/mol. The van der Waals surface area contributed by atoms with Gasteiger partial charge in [-0.15, -0.1) is 0 Å². The molecule has 37 heavy (non-hydrogen) atoms. The zero-order valence-corrected chi connectivity index (χ0v) is 20.8. The third kappa shape index (κ3) is 4.93. The molecule has 0 amide bonds.